The fourth-order valence-corrected chi connectivity index (χ4v) is 4.06. The summed E-state index contributed by atoms with van der Waals surface area (Å²) in [5.41, 5.74) is 9.57. The molecule has 0 radical (unpaired) electrons. The van der Waals surface area contributed by atoms with Crippen LogP contribution in [0.2, 0.25) is 0 Å². The van der Waals surface area contributed by atoms with Gasteiger partial charge in [-0.2, -0.15) is 0 Å². The lowest BCUT2D eigenvalue weighted by Crippen LogP contribution is -2.50. The highest BCUT2D eigenvalue weighted by Crippen LogP contribution is 2.45. The molecule has 132 valence electrons. The molecule has 1 amide bonds. The molecule has 0 fully saturated rings. The Bertz CT molecular complexity index is 914. The average molecular weight is 340 g/mol. The third kappa shape index (κ3) is 2.92. The molecule has 0 saturated heterocycles. The van der Waals surface area contributed by atoms with Crippen LogP contribution >= 0.6 is 0 Å². The van der Waals surface area contributed by atoms with Crippen molar-refractivity contribution >= 4 is 17.5 Å². The summed E-state index contributed by atoms with van der Waals surface area (Å²) in [4.78, 5) is 32.6. The first-order valence-corrected chi connectivity index (χ1v) is 8.42. The van der Waals surface area contributed by atoms with E-state index in [1.165, 1.54) is 6.07 Å². The Labute approximate surface area is 147 Å². The first kappa shape index (κ1) is 17.2. The molecule has 3 N–H and O–H groups in total. The molecular formula is C19H24N4O2. The van der Waals surface area contributed by atoms with Gasteiger partial charge < -0.3 is 10.6 Å². The van der Waals surface area contributed by atoms with Crippen LogP contribution in [-0.2, 0) is 4.79 Å². The molecule has 1 aromatic carbocycles. The van der Waals surface area contributed by atoms with Crippen molar-refractivity contribution in [2.45, 2.75) is 52.5 Å². The van der Waals surface area contributed by atoms with Crippen molar-refractivity contribution in [3.8, 4) is 11.3 Å². The average Bonchev–Trinajstić information content (AvgIpc) is 2.43. The molecule has 0 aliphatic carbocycles. The van der Waals surface area contributed by atoms with E-state index in [0.29, 0.717) is 11.6 Å². The summed E-state index contributed by atoms with van der Waals surface area (Å²) in [6, 6.07) is 5.51. The Morgan fingerprint density at radius 3 is 2.64 bits per heavy atom. The van der Waals surface area contributed by atoms with Crippen molar-refractivity contribution in [1.82, 2.24) is 9.97 Å². The van der Waals surface area contributed by atoms with E-state index in [4.69, 9.17) is 5.73 Å². The van der Waals surface area contributed by atoms with Crippen molar-refractivity contribution in [3.05, 3.63) is 39.7 Å². The number of hydrogen-bond acceptors (Lipinski definition) is 4. The van der Waals surface area contributed by atoms with Gasteiger partial charge in [-0.25, -0.2) is 4.98 Å². The highest BCUT2D eigenvalue weighted by Gasteiger charge is 2.39. The van der Waals surface area contributed by atoms with Crippen LogP contribution < -0.4 is 16.2 Å². The minimum Gasteiger partial charge on any atom is -0.369 e. The number of anilines is 2. The fourth-order valence-electron chi connectivity index (χ4n) is 4.06. The molecule has 6 nitrogen and oxygen atoms in total. The number of rotatable bonds is 1. The monoisotopic (exact) mass is 340 g/mol. The number of carbonyl (C=O) groups is 1. The van der Waals surface area contributed by atoms with E-state index in [1.54, 1.807) is 6.92 Å². The number of aromatic amines is 1. The fraction of sp³-hybridized carbons (Fsp3) is 0.421. The Morgan fingerprint density at radius 1 is 1.36 bits per heavy atom. The van der Waals surface area contributed by atoms with Gasteiger partial charge in [0.2, 0.25) is 11.9 Å². The van der Waals surface area contributed by atoms with Crippen LogP contribution in [0.4, 0.5) is 11.6 Å². The summed E-state index contributed by atoms with van der Waals surface area (Å²) in [7, 11) is 0. The molecule has 1 aliphatic rings. The van der Waals surface area contributed by atoms with Crippen LogP contribution in [0.25, 0.3) is 11.3 Å². The van der Waals surface area contributed by atoms with Gasteiger partial charge in [0, 0.05) is 29.8 Å². The smallest absolute Gasteiger partial charge is 0.252 e. The third-order valence-corrected chi connectivity index (χ3v) is 4.91. The number of nitrogens with two attached hydrogens (primary N) is 1. The van der Waals surface area contributed by atoms with E-state index >= 15 is 0 Å². The maximum absolute atomic E-state index is 12.3. The summed E-state index contributed by atoms with van der Waals surface area (Å²) in [5, 5.41) is 0. The molecule has 0 saturated carbocycles. The summed E-state index contributed by atoms with van der Waals surface area (Å²) >= 11 is 0. The largest absolute Gasteiger partial charge is 0.369 e. The molecule has 6 heteroatoms. The van der Waals surface area contributed by atoms with E-state index in [9.17, 15) is 9.59 Å². The number of fused-ring (bicyclic) bond motifs is 1. The quantitative estimate of drug-likeness (QED) is 0.835. The SMILES string of the molecule is CC(=O)N1c2cc(C)c(-c3cc(=O)[nH]c(N)n3)cc2C(C)CC1(C)C. The van der Waals surface area contributed by atoms with E-state index in [0.717, 1.165) is 28.8 Å². The van der Waals surface area contributed by atoms with Gasteiger partial charge in [-0.1, -0.05) is 6.92 Å². The minimum atomic E-state index is -0.279. The molecule has 2 heterocycles. The molecular weight excluding hydrogens is 316 g/mol. The van der Waals surface area contributed by atoms with Gasteiger partial charge in [-0.05, 0) is 56.4 Å². The third-order valence-electron chi connectivity index (χ3n) is 4.91. The summed E-state index contributed by atoms with van der Waals surface area (Å²) in [6.07, 6.45) is 0.868. The highest BCUT2D eigenvalue weighted by atomic mass is 16.2. The Balaban J connectivity index is 2.24. The van der Waals surface area contributed by atoms with Gasteiger partial charge in [0.25, 0.3) is 5.56 Å². The summed E-state index contributed by atoms with van der Waals surface area (Å²) in [5.74, 6) is 0.419. The van der Waals surface area contributed by atoms with Crippen molar-refractivity contribution < 1.29 is 4.79 Å². The van der Waals surface area contributed by atoms with Crippen molar-refractivity contribution in [3.63, 3.8) is 0 Å². The number of carbonyl (C=O) groups excluding carboxylic acids is 1. The minimum absolute atomic E-state index is 0.0313. The van der Waals surface area contributed by atoms with Gasteiger partial charge in [-0.3, -0.25) is 14.6 Å². The van der Waals surface area contributed by atoms with Crippen LogP contribution in [0, 0.1) is 6.92 Å². The predicted octanol–water partition coefficient (Wildman–Crippen LogP) is 2.97. The van der Waals surface area contributed by atoms with Gasteiger partial charge in [0.05, 0.1) is 5.69 Å². The van der Waals surface area contributed by atoms with E-state index in [2.05, 4.69) is 30.7 Å². The number of nitrogen functional groups attached to an aromatic ring is 1. The van der Waals surface area contributed by atoms with Crippen LogP contribution in [0.15, 0.2) is 23.0 Å². The van der Waals surface area contributed by atoms with Crippen molar-refractivity contribution in [2.24, 2.45) is 0 Å². The van der Waals surface area contributed by atoms with Gasteiger partial charge in [0.1, 0.15) is 0 Å². The summed E-state index contributed by atoms with van der Waals surface area (Å²) < 4.78 is 0. The molecule has 1 aromatic heterocycles. The molecule has 0 spiro atoms. The van der Waals surface area contributed by atoms with Gasteiger partial charge in [0.15, 0.2) is 0 Å². The zero-order valence-electron chi connectivity index (χ0n) is 15.3. The molecule has 2 aromatic rings. The molecule has 25 heavy (non-hydrogen) atoms. The lowest BCUT2D eigenvalue weighted by Gasteiger charge is -2.46. The van der Waals surface area contributed by atoms with Crippen LogP contribution in [0.3, 0.4) is 0 Å². The first-order valence-electron chi connectivity index (χ1n) is 8.42. The zero-order valence-corrected chi connectivity index (χ0v) is 15.3. The second-order valence-electron chi connectivity index (χ2n) is 7.51. The molecule has 1 aliphatic heterocycles. The molecule has 1 unspecified atom stereocenters. The molecule has 1 atom stereocenters. The van der Waals surface area contributed by atoms with Crippen molar-refractivity contribution in [1.29, 1.82) is 0 Å². The highest BCUT2D eigenvalue weighted by molar-refractivity contribution is 5.95. The topological polar surface area (TPSA) is 92.1 Å². The van der Waals surface area contributed by atoms with E-state index in [-0.39, 0.29) is 23.0 Å². The number of nitrogens with zero attached hydrogens (tertiary/aromatic N) is 2. The number of aryl methyl sites for hydroxylation is 1. The predicted molar refractivity (Wildman–Crippen MR) is 99.7 cm³/mol. The number of nitrogens with one attached hydrogen (secondary N) is 1. The second-order valence-corrected chi connectivity index (χ2v) is 7.51. The lowest BCUT2D eigenvalue weighted by molar-refractivity contribution is -0.117. The maximum atomic E-state index is 12.3. The number of aromatic nitrogens is 2. The Morgan fingerprint density at radius 2 is 2.04 bits per heavy atom. The van der Waals surface area contributed by atoms with E-state index < -0.39 is 0 Å². The normalized spacial score (nSPS) is 18.8. The van der Waals surface area contributed by atoms with Crippen LogP contribution in [0.1, 0.15) is 51.2 Å². The Hall–Kier alpha value is -2.63. The van der Waals surface area contributed by atoms with Crippen molar-refractivity contribution in [2.75, 3.05) is 10.6 Å². The molecule has 3 rings (SSSR count). The first-order chi connectivity index (χ1) is 11.6. The lowest BCUT2D eigenvalue weighted by atomic mass is 9.78. The summed E-state index contributed by atoms with van der Waals surface area (Å²) in [6.45, 7) is 9.91. The number of hydrogen-bond donors (Lipinski definition) is 2. The second kappa shape index (κ2) is 5.72. The maximum Gasteiger partial charge on any atom is 0.252 e. The number of benzene rings is 1. The van der Waals surface area contributed by atoms with Crippen LogP contribution in [0.5, 0.6) is 0 Å². The zero-order chi connectivity index (χ0) is 18.5. The van der Waals surface area contributed by atoms with Crippen LogP contribution in [-0.4, -0.2) is 21.4 Å². The van der Waals surface area contributed by atoms with Gasteiger partial charge >= 0.3 is 0 Å². The van der Waals surface area contributed by atoms with Gasteiger partial charge in [-0.15, -0.1) is 0 Å². The molecule has 0 bridgehead atoms. The van der Waals surface area contributed by atoms with E-state index in [1.807, 2.05) is 24.0 Å². The number of amides is 1. The Kier molecular flexibility index (Phi) is 3.94. The number of H-pyrrole nitrogens is 1. The standard InChI is InChI=1S/C19H24N4O2/c1-10-6-16-14(11(2)9-19(4,5)23(16)12(3)24)7-13(10)15-8-17(25)22-18(20)21-15/h6-8,11H,9H2,1-5H3,(H3,20,21,22,25).